The molecule has 0 amide bonds. The fourth-order valence-electron chi connectivity index (χ4n) is 0.477. The molecule has 1 rings (SSSR count). The third kappa shape index (κ3) is 3.04. The summed E-state index contributed by atoms with van der Waals surface area (Å²) in [6.45, 7) is 0. The van der Waals surface area contributed by atoms with Crippen molar-refractivity contribution in [1.82, 2.24) is 10.2 Å². The molecular formula is C5H2F4N2S. The van der Waals surface area contributed by atoms with E-state index in [1.807, 2.05) is 0 Å². The second-order valence-electron chi connectivity index (χ2n) is 1.74. The van der Waals surface area contributed by atoms with E-state index >= 15 is 0 Å². The molecule has 1 aromatic heterocycles. The molecule has 0 bridgehead atoms. The zero-order chi connectivity index (χ0) is 9.19. The van der Waals surface area contributed by atoms with E-state index in [-0.39, 0.29) is 5.03 Å². The molecule has 0 saturated carbocycles. The van der Waals surface area contributed by atoms with Crippen molar-refractivity contribution >= 4 is 11.8 Å². The summed E-state index contributed by atoms with van der Waals surface area (Å²) in [5, 5.41) is 5.44. The Morgan fingerprint density at radius 1 is 1.17 bits per heavy atom. The average molecular weight is 198 g/mol. The lowest BCUT2D eigenvalue weighted by Gasteiger charge is -2.02. The van der Waals surface area contributed by atoms with E-state index in [2.05, 4.69) is 10.2 Å². The number of aromatic nitrogens is 2. The monoisotopic (exact) mass is 198 g/mol. The predicted molar refractivity (Wildman–Crippen MR) is 33.9 cm³/mol. The average Bonchev–Trinajstić information content (AvgIpc) is 1.91. The van der Waals surface area contributed by atoms with E-state index in [1.165, 1.54) is 0 Å². The molecule has 0 unspecified atom stereocenters. The molecule has 0 fully saturated rings. The van der Waals surface area contributed by atoms with Crippen LogP contribution in [0.5, 0.6) is 0 Å². The van der Waals surface area contributed by atoms with Gasteiger partial charge >= 0.3 is 5.51 Å². The molecule has 2 nitrogen and oxygen atoms in total. The van der Waals surface area contributed by atoms with Crippen LogP contribution in [-0.4, -0.2) is 15.7 Å². The van der Waals surface area contributed by atoms with Gasteiger partial charge in [0.25, 0.3) is 0 Å². The van der Waals surface area contributed by atoms with Crippen molar-refractivity contribution in [2.24, 2.45) is 0 Å². The number of thioether (sulfide) groups is 1. The van der Waals surface area contributed by atoms with E-state index in [1.54, 1.807) is 0 Å². The SMILES string of the molecule is Fc1ccc(SC(F)(F)F)nn1. The summed E-state index contributed by atoms with van der Waals surface area (Å²) in [5.41, 5.74) is -4.41. The third-order valence-corrected chi connectivity index (χ3v) is 1.49. The van der Waals surface area contributed by atoms with Crippen LogP contribution in [0.1, 0.15) is 0 Å². The number of nitrogens with zero attached hydrogens (tertiary/aromatic N) is 2. The summed E-state index contributed by atoms with van der Waals surface area (Å²) >= 11 is -0.431. The van der Waals surface area contributed by atoms with Gasteiger partial charge in [-0.15, -0.1) is 10.2 Å². The second kappa shape index (κ2) is 3.26. The van der Waals surface area contributed by atoms with E-state index in [0.717, 1.165) is 12.1 Å². The van der Waals surface area contributed by atoms with Crippen LogP contribution in [0.3, 0.4) is 0 Å². The molecule has 1 heterocycles. The van der Waals surface area contributed by atoms with Crippen molar-refractivity contribution in [1.29, 1.82) is 0 Å². The minimum absolute atomic E-state index is 0.371. The third-order valence-electron chi connectivity index (χ3n) is 0.828. The Hall–Kier alpha value is -0.850. The van der Waals surface area contributed by atoms with Crippen molar-refractivity contribution in [3.63, 3.8) is 0 Å². The van der Waals surface area contributed by atoms with E-state index in [0.29, 0.717) is 0 Å². The lowest BCUT2D eigenvalue weighted by Crippen LogP contribution is -2.01. The number of rotatable bonds is 1. The van der Waals surface area contributed by atoms with E-state index in [4.69, 9.17) is 0 Å². The van der Waals surface area contributed by atoms with Crippen LogP contribution >= 0.6 is 11.8 Å². The maximum Gasteiger partial charge on any atom is 0.447 e. The molecule has 66 valence electrons. The highest BCUT2D eigenvalue weighted by molar-refractivity contribution is 8.00. The van der Waals surface area contributed by atoms with E-state index in [9.17, 15) is 17.6 Å². The van der Waals surface area contributed by atoms with Crippen LogP contribution in [-0.2, 0) is 0 Å². The molecular weight excluding hydrogens is 196 g/mol. The Kier molecular flexibility index (Phi) is 2.51. The fourth-order valence-corrected chi connectivity index (χ4v) is 0.932. The van der Waals surface area contributed by atoms with Gasteiger partial charge in [0.1, 0.15) is 5.03 Å². The van der Waals surface area contributed by atoms with Crippen LogP contribution in [0.2, 0.25) is 0 Å². The molecule has 0 aromatic carbocycles. The van der Waals surface area contributed by atoms with Gasteiger partial charge in [0.2, 0.25) is 5.95 Å². The molecule has 0 aliphatic carbocycles. The highest BCUT2D eigenvalue weighted by atomic mass is 32.2. The van der Waals surface area contributed by atoms with Crippen LogP contribution in [0.15, 0.2) is 17.2 Å². The van der Waals surface area contributed by atoms with Crippen molar-refractivity contribution in [3.8, 4) is 0 Å². The molecule has 12 heavy (non-hydrogen) atoms. The number of hydrogen-bond acceptors (Lipinski definition) is 3. The maximum absolute atomic E-state index is 12.1. The summed E-state index contributed by atoms with van der Waals surface area (Å²) < 4.78 is 47.0. The van der Waals surface area contributed by atoms with Crippen molar-refractivity contribution in [2.45, 2.75) is 10.5 Å². The highest BCUT2D eigenvalue weighted by Crippen LogP contribution is 2.35. The lowest BCUT2D eigenvalue weighted by atomic mass is 10.6. The van der Waals surface area contributed by atoms with Gasteiger partial charge in [0.05, 0.1) is 0 Å². The lowest BCUT2D eigenvalue weighted by molar-refractivity contribution is -0.0329. The normalized spacial score (nSPS) is 11.7. The van der Waals surface area contributed by atoms with Gasteiger partial charge in [0.15, 0.2) is 0 Å². The standard InChI is InChI=1S/C5H2F4N2S/c6-3-1-2-4(11-10-3)12-5(7,8)9/h1-2H. The summed E-state index contributed by atoms with van der Waals surface area (Å²) in [6, 6.07) is 1.74. The fraction of sp³-hybridized carbons (Fsp3) is 0.200. The molecule has 0 aliphatic heterocycles. The minimum Gasteiger partial charge on any atom is -0.183 e. The number of alkyl halides is 3. The Balaban J connectivity index is 2.71. The minimum atomic E-state index is -4.41. The molecule has 0 radical (unpaired) electrons. The smallest absolute Gasteiger partial charge is 0.183 e. The van der Waals surface area contributed by atoms with Crippen molar-refractivity contribution in [2.75, 3.05) is 0 Å². The van der Waals surface area contributed by atoms with Gasteiger partial charge in [-0.25, -0.2) is 0 Å². The highest BCUT2D eigenvalue weighted by Gasteiger charge is 2.30. The summed E-state index contributed by atoms with van der Waals surface area (Å²) in [5.74, 6) is -0.901. The number of hydrogen-bond donors (Lipinski definition) is 0. The quantitative estimate of drug-likeness (QED) is 0.511. The Bertz CT molecular complexity index is 257. The van der Waals surface area contributed by atoms with Gasteiger partial charge < -0.3 is 0 Å². The van der Waals surface area contributed by atoms with Gasteiger partial charge in [0, 0.05) is 11.8 Å². The Morgan fingerprint density at radius 2 is 1.83 bits per heavy atom. The zero-order valence-electron chi connectivity index (χ0n) is 5.47. The van der Waals surface area contributed by atoms with Crippen LogP contribution in [0.4, 0.5) is 17.6 Å². The zero-order valence-corrected chi connectivity index (χ0v) is 6.29. The van der Waals surface area contributed by atoms with Crippen molar-refractivity contribution in [3.05, 3.63) is 18.1 Å². The first kappa shape index (κ1) is 9.24. The maximum atomic E-state index is 12.1. The topological polar surface area (TPSA) is 25.8 Å². The molecule has 0 spiro atoms. The van der Waals surface area contributed by atoms with Crippen LogP contribution < -0.4 is 0 Å². The molecule has 0 aliphatic rings. The predicted octanol–water partition coefficient (Wildman–Crippen LogP) is 2.23. The molecule has 7 heteroatoms. The van der Waals surface area contributed by atoms with Gasteiger partial charge in [-0.05, 0) is 12.1 Å². The first-order valence-electron chi connectivity index (χ1n) is 2.72. The molecule has 0 saturated heterocycles. The van der Waals surface area contributed by atoms with Crippen LogP contribution in [0, 0.1) is 5.95 Å². The van der Waals surface area contributed by atoms with Crippen LogP contribution in [0.25, 0.3) is 0 Å². The van der Waals surface area contributed by atoms with Crippen molar-refractivity contribution < 1.29 is 17.6 Å². The Labute approximate surface area is 69.0 Å². The summed E-state index contributed by atoms with van der Waals surface area (Å²) in [6.07, 6.45) is 0. The Morgan fingerprint density at radius 3 is 2.25 bits per heavy atom. The first-order chi connectivity index (χ1) is 5.47. The van der Waals surface area contributed by atoms with E-state index < -0.39 is 23.2 Å². The van der Waals surface area contributed by atoms with Gasteiger partial charge in [-0.2, -0.15) is 17.6 Å². The van der Waals surface area contributed by atoms with Gasteiger partial charge in [-0.3, -0.25) is 0 Å². The largest absolute Gasteiger partial charge is 0.447 e. The molecule has 0 N–H and O–H groups in total. The first-order valence-corrected chi connectivity index (χ1v) is 3.54. The second-order valence-corrected chi connectivity index (χ2v) is 2.83. The van der Waals surface area contributed by atoms with Gasteiger partial charge in [-0.1, -0.05) is 0 Å². The molecule has 0 atom stereocenters. The number of halogens is 4. The summed E-state index contributed by atoms with van der Waals surface area (Å²) in [4.78, 5) is 0. The molecule has 1 aromatic rings. The summed E-state index contributed by atoms with van der Waals surface area (Å²) in [7, 11) is 0.